The lowest BCUT2D eigenvalue weighted by Crippen LogP contribution is -2.39. The van der Waals surface area contributed by atoms with Crippen LogP contribution in [0.4, 0.5) is 5.69 Å². The minimum Gasteiger partial charge on any atom is -0.493 e. The molecule has 0 radical (unpaired) electrons. The van der Waals surface area contributed by atoms with Gasteiger partial charge in [-0.3, -0.25) is 9.69 Å². The zero-order valence-electron chi connectivity index (χ0n) is 18.3. The molecule has 6 heteroatoms. The van der Waals surface area contributed by atoms with Gasteiger partial charge in [0, 0.05) is 41.5 Å². The van der Waals surface area contributed by atoms with E-state index in [1.807, 2.05) is 12.1 Å². The first-order chi connectivity index (χ1) is 14.3. The van der Waals surface area contributed by atoms with Gasteiger partial charge in [-0.1, -0.05) is 23.7 Å². The summed E-state index contributed by atoms with van der Waals surface area (Å²) in [5, 5.41) is 3.48. The van der Waals surface area contributed by atoms with E-state index in [-0.39, 0.29) is 5.91 Å². The normalized spacial score (nSPS) is 11.5. The maximum Gasteiger partial charge on any atom is 0.248 e. The maximum atomic E-state index is 12.3. The van der Waals surface area contributed by atoms with E-state index in [0.29, 0.717) is 40.9 Å². The molecule has 162 valence electrons. The van der Waals surface area contributed by atoms with Crippen molar-refractivity contribution in [3.63, 3.8) is 0 Å². The number of methoxy groups -OCH3 is 1. The Balaban J connectivity index is 2.01. The van der Waals surface area contributed by atoms with Crippen molar-refractivity contribution in [1.82, 2.24) is 4.90 Å². The van der Waals surface area contributed by atoms with E-state index in [1.54, 1.807) is 43.5 Å². The highest BCUT2D eigenvalue weighted by atomic mass is 35.5. The number of hydrogen-bond acceptors (Lipinski definition) is 4. The van der Waals surface area contributed by atoms with Crippen molar-refractivity contribution in [2.45, 2.75) is 39.8 Å². The zero-order chi connectivity index (χ0) is 22.1. The maximum absolute atomic E-state index is 12.3. The van der Waals surface area contributed by atoms with E-state index in [4.69, 9.17) is 21.1 Å². The molecule has 0 aliphatic rings. The molecule has 30 heavy (non-hydrogen) atoms. The average molecular weight is 431 g/mol. The Morgan fingerprint density at radius 1 is 1.10 bits per heavy atom. The third-order valence-electron chi connectivity index (χ3n) is 4.64. The second-order valence-electron chi connectivity index (χ2n) is 7.52. The Morgan fingerprint density at radius 2 is 1.83 bits per heavy atom. The molecule has 0 bridgehead atoms. The van der Waals surface area contributed by atoms with Crippen molar-refractivity contribution in [3.05, 3.63) is 59.1 Å². The van der Waals surface area contributed by atoms with Crippen LogP contribution >= 0.6 is 11.6 Å². The number of hydrogen-bond donors (Lipinski definition) is 1. The van der Waals surface area contributed by atoms with Gasteiger partial charge in [-0.05, 0) is 63.6 Å². The summed E-state index contributed by atoms with van der Waals surface area (Å²) in [7, 11) is 1.60. The molecule has 1 N–H and O–H groups in total. The zero-order valence-corrected chi connectivity index (χ0v) is 19.1. The first-order valence-corrected chi connectivity index (χ1v) is 10.5. The molecule has 0 saturated carbocycles. The van der Waals surface area contributed by atoms with Crippen LogP contribution in [0.1, 0.15) is 33.3 Å². The molecular formula is C24H31ClN2O3. The summed E-state index contributed by atoms with van der Waals surface area (Å²) >= 11 is 5.97. The van der Waals surface area contributed by atoms with Crippen molar-refractivity contribution in [2.24, 2.45) is 0 Å². The number of ether oxygens (including phenoxy) is 2. The van der Waals surface area contributed by atoms with Crippen molar-refractivity contribution in [1.29, 1.82) is 0 Å². The molecule has 1 amide bonds. The number of benzene rings is 2. The molecule has 0 spiro atoms. The molecule has 0 unspecified atom stereocenters. The van der Waals surface area contributed by atoms with Gasteiger partial charge in [-0.15, -0.1) is 0 Å². The topological polar surface area (TPSA) is 50.8 Å². The van der Waals surface area contributed by atoms with Crippen LogP contribution in [0.25, 0.3) is 6.08 Å². The summed E-state index contributed by atoms with van der Waals surface area (Å²) in [4.78, 5) is 14.6. The molecule has 0 atom stereocenters. The van der Waals surface area contributed by atoms with E-state index in [0.717, 1.165) is 12.1 Å². The molecule has 0 fully saturated rings. The predicted octanol–water partition coefficient (Wildman–Crippen LogP) is 5.50. The van der Waals surface area contributed by atoms with Crippen molar-refractivity contribution < 1.29 is 14.3 Å². The fourth-order valence-corrected chi connectivity index (χ4v) is 3.41. The third-order valence-corrected chi connectivity index (χ3v) is 4.88. The Labute approximate surface area is 184 Å². The van der Waals surface area contributed by atoms with E-state index in [1.165, 1.54) is 6.08 Å². The summed E-state index contributed by atoms with van der Waals surface area (Å²) in [5.74, 6) is 0.988. The minimum atomic E-state index is -0.239. The van der Waals surface area contributed by atoms with Gasteiger partial charge in [0.05, 0.1) is 7.11 Å². The summed E-state index contributed by atoms with van der Waals surface area (Å²) in [5.41, 5.74) is 1.49. The van der Waals surface area contributed by atoms with Crippen LogP contribution in [0, 0.1) is 0 Å². The van der Waals surface area contributed by atoms with Gasteiger partial charge in [-0.2, -0.15) is 0 Å². The second kappa shape index (κ2) is 11.6. The average Bonchev–Trinajstić information content (AvgIpc) is 2.69. The second-order valence-corrected chi connectivity index (χ2v) is 7.95. The molecule has 0 aliphatic heterocycles. The standard InChI is InChI=1S/C24H31ClN2O3/c1-17(2)27(18(3)4)13-14-30-23-16-21(10-11-22(23)29-5)26-24(28)12-9-19-7-6-8-20(25)15-19/h6-12,15-18H,13-14H2,1-5H3,(H,26,28). The summed E-state index contributed by atoms with van der Waals surface area (Å²) in [6.07, 6.45) is 3.19. The monoisotopic (exact) mass is 430 g/mol. The number of halogens is 1. The smallest absolute Gasteiger partial charge is 0.248 e. The molecule has 0 heterocycles. The lowest BCUT2D eigenvalue weighted by molar-refractivity contribution is -0.111. The van der Waals surface area contributed by atoms with Crippen molar-refractivity contribution >= 4 is 29.3 Å². The number of anilines is 1. The van der Waals surface area contributed by atoms with E-state index >= 15 is 0 Å². The first kappa shape index (κ1) is 23.8. The van der Waals surface area contributed by atoms with Gasteiger partial charge in [0.15, 0.2) is 11.5 Å². The van der Waals surface area contributed by atoms with Crippen LogP contribution in [-0.4, -0.2) is 43.2 Å². The Hall–Kier alpha value is -2.50. The van der Waals surface area contributed by atoms with Crippen LogP contribution in [0.15, 0.2) is 48.5 Å². The highest BCUT2D eigenvalue weighted by Gasteiger charge is 2.14. The first-order valence-electron chi connectivity index (χ1n) is 10.1. The van der Waals surface area contributed by atoms with Gasteiger partial charge in [0.25, 0.3) is 0 Å². The highest BCUT2D eigenvalue weighted by Crippen LogP contribution is 2.30. The quantitative estimate of drug-likeness (QED) is 0.506. The SMILES string of the molecule is COc1ccc(NC(=O)C=Cc2cccc(Cl)c2)cc1OCCN(C(C)C)C(C)C. The molecule has 2 aromatic carbocycles. The van der Waals surface area contributed by atoms with Crippen molar-refractivity contribution in [2.75, 3.05) is 25.6 Å². The molecule has 0 aromatic heterocycles. The van der Waals surface area contributed by atoms with Crippen LogP contribution in [0.3, 0.4) is 0 Å². The molecule has 0 aliphatic carbocycles. The minimum absolute atomic E-state index is 0.239. The van der Waals surface area contributed by atoms with Gasteiger partial charge in [-0.25, -0.2) is 0 Å². The number of nitrogens with zero attached hydrogens (tertiary/aromatic N) is 1. The number of carbonyl (C=O) groups is 1. The summed E-state index contributed by atoms with van der Waals surface area (Å²) < 4.78 is 11.4. The fraction of sp³-hybridized carbons (Fsp3) is 0.375. The number of amides is 1. The third kappa shape index (κ3) is 7.39. The van der Waals surface area contributed by atoms with Gasteiger partial charge in [0.2, 0.25) is 5.91 Å². The molecule has 5 nitrogen and oxygen atoms in total. The lowest BCUT2D eigenvalue weighted by Gasteiger charge is -2.30. The lowest BCUT2D eigenvalue weighted by atomic mass is 10.2. The summed E-state index contributed by atoms with van der Waals surface area (Å²) in [6, 6.07) is 13.5. The van der Waals surface area contributed by atoms with E-state index in [2.05, 4.69) is 37.9 Å². The predicted molar refractivity (Wildman–Crippen MR) is 125 cm³/mol. The van der Waals surface area contributed by atoms with Gasteiger partial charge in [0.1, 0.15) is 6.61 Å². The van der Waals surface area contributed by atoms with Crippen LogP contribution in [0.5, 0.6) is 11.5 Å². The number of nitrogens with one attached hydrogen (secondary N) is 1. The highest BCUT2D eigenvalue weighted by molar-refractivity contribution is 6.30. The number of carbonyl (C=O) groups excluding carboxylic acids is 1. The molecule has 2 rings (SSSR count). The number of rotatable bonds is 10. The van der Waals surface area contributed by atoms with E-state index in [9.17, 15) is 4.79 Å². The molecule has 2 aromatic rings. The van der Waals surface area contributed by atoms with E-state index < -0.39 is 0 Å². The van der Waals surface area contributed by atoms with Crippen LogP contribution < -0.4 is 14.8 Å². The molecular weight excluding hydrogens is 400 g/mol. The largest absolute Gasteiger partial charge is 0.493 e. The van der Waals surface area contributed by atoms with Crippen molar-refractivity contribution in [3.8, 4) is 11.5 Å². The van der Waals surface area contributed by atoms with Crippen LogP contribution in [0.2, 0.25) is 5.02 Å². The molecule has 0 saturated heterocycles. The van der Waals surface area contributed by atoms with Gasteiger partial charge >= 0.3 is 0 Å². The van der Waals surface area contributed by atoms with Gasteiger partial charge < -0.3 is 14.8 Å². The fourth-order valence-electron chi connectivity index (χ4n) is 3.21. The van der Waals surface area contributed by atoms with Crippen LogP contribution in [-0.2, 0) is 4.79 Å². The Morgan fingerprint density at radius 3 is 2.47 bits per heavy atom. The Bertz CT molecular complexity index is 857. The Kier molecular flexibility index (Phi) is 9.21. The summed E-state index contributed by atoms with van der Waals surface area (Å²) in [6.45, 7) is 10.0.